The van der Waals surface area contributed by atoms with Crippen molar-refractivity contribution in [2.45, 2.75) is 51.6 Å². The molecule has 2 bridgehead atoms. The Morgan fingerprint density at radius 3 is 2.57 bits per heavy atom. The first-order valence-electron chi connectivity index (χ1n) is 5.64. The SMILES string of the molecule is CC(C)(O)CC1(C=O)CC2CCC1C2. The average Bonchev–Trinajstić information content (AvgIpc) is 2.60. The Labute approximate surface area is 85.7 Å². The zero-order valence-corrected chi connectivity index (χ0v) is 9.12. The molecule has 2 fully saturated rings. The summed E-state index contributed by atoms with van der Waals surface area (Å²) in [5.41, 5.74) is -0.896. The Kier molecular flexibility index (Phi) is 2.22. The van der Waals surface area contributed by atoms with Crippen LogP contribution in [0.25, 0.3) is 0 Å². The highest BCUT2D eigenvalue weighted by Gasteiger charge is 2.52. The van der Waals surface area contributed by atoms with Gasteiger partial charge in [-0.1, -0.05) is 6.42 Å². The molecule has 0 aromatic heterocycles. The predicted octanol–water partition coefficient (Wildman–Crippen LogP) is 2.15. The lowest BCUT2D eigenvalue weighted by Gasteiger charge is -2.36. The Morgan fingerprint density at radius 1 is 1.50 bits per heavy atom. The van der Waals surface area contributed by atoms with Crippen LogP contribution in [0.2, 0.25) is 0 Å². The molecule has 0 aliphatic heterocycles. The Balaban J connectivity index is 2.15. The fourth-order valence-electron chi connectivity index (χ4n) is 3.69. The van der Waals surface area contributed by atoms with Crippen molar-refractivity contribution < 1.29 is 9.90 Å². The van der Waals surface area contributed by atoms with Crippen molar-refractivity contribution >= 4 is 6.29 Å². The number of carbonyl (C=O) groups is 1. The molecule has 1 N–H and O–H groups in total. The number of rotatable bonds is 3. The second-order valence-corrected chi connectivity index (χ2v) is 5.92. The Morgan fingerprint density at radius 2 is 2.21 bits per heavy atom. The van der Waals surface area contributed by atoms with Crippen LogP contribution in [0.4, 0.5) is 0 Å². The van der Waals surface area contributed by atoms with E-state index in [0.717, 1.165) is 18.6 Å². The van der Waals surface area contributed by atoms with Crippen molar-refractivity contribution in [3.8, 4) is 0 Å². The second-order valence-electron chi connectivity index (χ2n) is 5.92. The molecule has 0 amide bonds. The highest BCUT2D eigenvalue weighted by Crippen LogP contribution is 2.57. The van der Waals surface area contributed by atoms with Gasteiger partial charge in [-0.2, -0.15) is 0 Å². The molecule has 2 nitrogen and oxygen atoms in total. The van der Waals surface area contributed by atoms with E-state index < -0.39 is 5.60 Å². The highest BCUT2D eigenvalue weighted by molar-refractivity contribution is 5.61. The van der Waals surface area contributed by atoms with Gasteiger partial charge >= 0.3 is 0 Å². The summed E-state index contributed by atoms with van der Waals surface area (Å²) in [4.78, 5) is 11.3. The van der Waals surface area contributed by atoms with Crippen LogP contribution in [0, 0.1) is 17.3 Å². The summed E-state index contributed by atoms with van der Waals surface area (Å²) < 4.78 is 0. The summed E-state index contributed by atoms with van der Waals surface area (Å²) in [5, 5.41) is 9.84. The molecular weight excluding hydrogens is 176 g/mol. The van der Waals surface area contributed by atoms with Crippen LogP contribution in [0.1, 0.15) is 46.0 Å². The molecule has 3 unspecified atom stereocenters. The molecule has 2 rings (SSSR count). The molecule has 3 atom stereocenters. The van der Waals surface area contributed by atoms with Gasteiger partial charge in [-0.3, -0.25) is 0 Å². The smallest absolute Gasteiger partial charge is 0.126 e. The zero-order valence-electron chi connectivity index (χ0n) is 9.12. The van der Waals surface area contributed by atoms with Crippen LogP contribution in [-0.2, 0) is 4.79 Å². The van der Waals surface area contributed by atoms with Gasteiger partial charge in [0, 0.05) is 5.41 Å². The minimum atomic E-state index is -0.703. The monoisotopic (exact) mass is 196 g/mol. The molecular formula is C12H20O2. The van der Waals surface area contributed by atoms with Gasteiger partial charge in [0.1, 0.15) is 6.29 Å². The molecule has 0 radical (unpaired) electrons. The van der Waals surface area contributed by atoms with Crippen LogP contribution in [0.15, 0.2) is 0 Å². The maximum absolute atomic E-state index is 11.3. The lowest BCUT2D eigenvalue weighted by Crippen LogP contribution is -2.37. The van der Waals surface area contributed by atoms with E-state index in [-0.39, 0.29) is 5.41 Å². The lowest BCUT2D eigenvalue weighted by molar-refractivity contribution is -0.123. The summed E-state index contributed by atoms with van der Waals surface area (Å²) in [6.45, 7) is 3.62. The summed E-state index contributed by atoms with van der Waals surface area (Å²) >= 11 is 0. The lowest BCUT2D eigenvalue weighted by atomic mass is 9.68. The van der Waals surface area contributed by atoms with E-state index in [1.165, 1.54) is 19.3 Å². The van der Waals surface area contributed by atoms with E-state index in [2.05, 4.69) is 0 Å². The average molecular weight is 196 g/mol. The third kappa shape index (κ3) is 1.60. The van der Waals surface area contributed by atoms with E-state index in [1.54, 1.807) is 0 Å². The number of hydrogen-bond acceptors (Lipinski definition) is 2. The van der Waals surface area contributed by atoms with Gasteiger partial charge in [0.05, 0.1) is 5.60 Å². The van der Waals surface area contributed by atoms with Gasteiger partial charge in [0.15, 0.2) is 0 Å². The zero-order chi connectivity index (χ0) is 10.4. The summed E-state index contributed by atoms with van der Waals surface area (Å²) in [6.07, 6.45) is 6.51. The number of aliphatic hydroxyl groups is 1. The Bertz CT molecular complexity index is 241. The summed E-state index contributed by atoms with van der Waals surface area (Å²) in [6, 6.07) is 0. The van der Waals surface area contributed by atoms with Gasteiger partial charge in [-0.15, -0.1) is 0 Å². The highest BCUT2D eigenvalue weighted by atomic mass is 16.3. The van der Waals surface area contributed by atoms with Crippen molar-refractivity contribution in [3.05, 3.63) is 0 Å². The van der Waals surface area contributed by atoms with Crippen molar-refractivity contribution in [3.63, 3.8) is 0 Å². The maximum Gasteiger partial charge on any atom is 0.126 e. The van der Waals surface area contributed by atoms with E-state index >= 15 is 0 Å². The predicted molar refractivity (Wildman–Crippen MR) is 54.9 cm³/mol. The third-order valence-corrected chi connectivity index (χ3v) is 4.02. The molecule has 0 aromatic rings. The van der Waals surface area contributed by atoms with E-state index in [9.17, 15) is 9.90 Å². The molecule has 2 saturated carbocycles. The van der Waals surface area contributed by atoms with Crippen molar-refractivity contribution in [1.29, 1.82) is 0 Å². The third-order valence-electron chi connectivity index (χ3n) is 4.02. The van der Waals surface area contributed by atoms with E-state index in [0.29, 0.717) is 12.3 Å². The molecule has 2 aliphatic rings. The molecule has 0 saturated heterocycles. The Hall–Kier alpha value is -0.370. The van der Waals surface area contributed by atoms with Crippen LogP contribution in [-0.4, -0.2) is 17.0 Å². The van der Waals surface area contributed by atoms with E-state index in [1.807, 2.05) is 13.8 Å². The van der Waals surface area contributed by atoms with Crippen molar-refractivity contribution in [1.82, 2.24) is 0 Å². The van der Waals surface area contributed by atoms with Gasteiger partial charge in [-0.05, 0) is 51.4 Å². The summed E-state index contributed by atoms with van der Waals surface area (Å²) in [5.74, 6) is 1.31. The van der Waals surface area contributed by atoms with Gasteiger partial charge < -0.3 is 9.90 Å². The molecule has 2 aliphatic carbocycles. The quantitative estimate of drug-likeness (QED) is 0.702. The fraction of sp³-hybridized carbons (Fsp3) is 0.917. The minimum absolute atomic E-state index is 0.193. The van der Waals surface area contributed by atoms with Gasteiger partial charge in [0.25, 0.3) is 0 Å². The second kappa shape index (κ2) is 3.06. The van der Waals surface area contributed by atoms with E-state index in [4.69, 9.17) is 0 Å². The number of carbonyl (C=O) groups excluding carboxylic acids is 1. The first kappa shape index (κ1) is 10.2. The van der Waals surface area contributed by atoms with Gasteiger partial charge in [0.2, 0.25) is 0 Å². The topological polar surface area (TPSA) is 37.3 Å². The number of fused-ring (bicyclic) bond motifs is 2. The molecule has 0 heterocycles. The van der Waals surface area contributed by atoms with Crippen LogP contribution in [0.5, 0.6) is 0 Å². The first-order valence-corrected chi connectivity index (χ1v) is 5.64. The maximum atomic E-state index is 11.3. The van der Waals surface area contributed by atoms with Crippen LogP contribution >= 0.6 is 0 Å². The standard InChI is InChI=1S/C12H20O2/c1-11(2,14)7-12(8-13)6-9-3-4-10(12)5-9/h8-10,14H,3-7H2,1-2H3. The molecule has 80 valence electrons. The number of hydrogen-bond donors (Lipinski definition) is 1. The number of aldehydes is 1. The summed E-state index contributed by atoms with van der Waals surface area (Å²) in [7, 11) is 0. The molecule has 0 aromatic carbocycles. The molecule has 2 heteroatoms. The molecule has 0 spiro atoms. The van der Waals surface area contributed by atoms with Crippen LogP contribution in [0.3, 0.4) is 0 Å². The van der Waals surface area contributed by atoms with Crippen molar-refractivity contribution in [2.24, 2.45) is 17.3 Å². The van der Waals surface area contributed by atoms with Crippen molar-refractivity contribution in [2.75, 3.05) is 0 Å². The molecule has 14 heavy (non-hydrogen) atoms. The first-order chi connectivity index (χ1) is 6.45. The fourth-order valence-corrected chi connectivity index (χ4v) is 3.69. The van der Waals surface area contributed by atoms with Gasteiger partial charge in [-0.25, -0.2) is 0 Å². The normalized spacial score (nSPS) is 41.6. The van der Waals surface area contributed by atoms with Crippen LogP contribution < -0.4 is 0 Å². The minimum Gasteiger partial charge on any atom is -0.390 e. The largest absolute Gasteiger partial charge is 0.390 e.